The van der Waals surface area contributed by atoms with Gasteiger partial charge in [-0.3, -0.25) is 48.1 Å². The molecular weight excluding hydrogens is 828 g/mol. The lowest BCUT2D eigenvalue weighted by Crippen LogP contribution is -2.59. The highest BCUT2D eigenvalue weighted by atomic mass is 16.4. The quantitative estimate of drug-likeness (QED) is 0.0233. The second kappa shape index (κ2) is 25.6. The van der Waals surface area contributed by atoms with Crippen LogP contribution in [0, 0.1) is 0 Å². The maximum absolute atomic E-state index is 13.3. The van der Waals surface area contributed by atoms with E-state index in [0.717, 1.165) is 4.90 Å². The Hall–Kier alpha value is -6.94. The highest BCUT2D eigenvalue weighted by molar-refractivity contribution is 5.98. The molecule has 1 fully saturated rings. The number of hydrogen-bond donors (Lipinski definition) is 15. The second-order valence-corrected chi connectivity index (χ2v) is 13.9. The normalized spacial score (nSPS) is 16.1. The molecule has 0 saturated carbocycles. The number of aliphatic imine (C=N–C) groups is 1. The number of hydrogen-bond acceptors (Lipinski definition) is 15. The van der Waals surface area contributed by atoms with Gasteiger partial charge in [0, 0.05) is 31.4 Å². The summed E-state index contributed by atoms with van der Waals surface area (Å²) in [6, 6.07) is -9.99. The van der Waals surface area contributed by atoms with E-state index in [1.807, 2.05) is 0 Å². The van der Waals surface area contributed by atoms with Gasteiger partial charge in [-0.15, -0.1) is 0 Å². The van der Waals surface area contributed by atoms with Crippen LogP contribution in [-0.2, 0) is 54.4 Å². The largest absolute Gasteiger partial charge is 0.481 e. The average molecular weight is 883 g/mol. The summed E-state index contributed by atoms with van der Waals surface area (Å²) in [5.41, 5.74) is 17.1. The fourth-order valence-corrected chi connectivity index (χ4v) is 5.78. The molecule has 1 aliphatic rings. The van der Waals surface area contributed by atoms with Gasteiger partial charge in [0.15, 0.2) is 5.96 Å². The van der Waals surface area contributed by atoms with Crippen molar-refractivity contribution in [1.82, 2.24) is 52.1 Å². The fourth-order valence-electron chi connectivity index (χ4n) is 5.78. The summed E-state index contributed by atoms with van der Waals surface area (Å²) < 4.78 is 0. The fraction of sp³-hybridized carbons (Fsp3) is 0.588. The SMILES string of the molecule is C[C@H](NC(=O)[C@@H](N)Cc1cnc[nH]1)C(=O)NCC(=O)N[C@@H](CCCN=C(N)N)C(=O)NCC(=O)N[C@@H](CC(=O)O)C(=O)N[C@@H](CO)C(=O)N1CCC[C@H]1C(=O)N[C@@H](CO)C(=O)O. The van der Waals surface area contributed by atoms with Gasteiger partial charge in [-0.2, -0.15) is 0 Å². The molecule has 28 nitrogen and oxygen atoms in total. The number of amides is 8. The monoisotopic (exact) mass is 882 g/mol. The molecule has 2 rings (SSSR count). The number of carboxylic acid groups (broad SMARTS) is 2. The number of likely N-dealkylation sites (tertiary alicyclic amines) is 1. The van der Waals surface area contributed by atoms with Crippen molar-refractivity contribution in [3.63, 3.8) is 0 Å². The molecule has 0 aliphatic carbocycles. The number of carbonyl (C=O) groups excluding carboxylic acids is 8. The Morgan fingerprint density at radius 3 is 2.03 bits per heavy atom. The molecular formula is C34H54N14O14. The highest BCUT2D eigenvalue weighted by Crippen LogP contribution is 2.19. The minimum absolute atomic E-state index is 0.0305. The Morgan fingerprint density at radius 1 is 0.839 bits per heavy atom. The van der Waals surface area contributed by atoms with Crippen molar-refractivity contribution < 1.29 is 68.4 Å². The number of rotatable bonds is 26. The molecule has 62 heavy (non-hydrogen) atoms. The molecule has 0 spiro atoms. The number of nitrogens with one attached hydrogen (secondary N) is 8. The summed E-state index contributed by atoms with van der Waals surface area (Å²) in [6.07, 6.45) is 2.37. The Labute approximate surface area is 352 Å². The predicted molar refractivity (Wildman–Crippen MR) is 210 cm³/mol. The molecule has 0 bridgehead atoms. The molecule has 8 amide bonds. The van der Waals surface area contributed by atoms with E-state index in [4.69, 9.17) is 22.3 Å². The smallest absolute Gasteiger partial charge is 0.328 e. The number of aliphatic hydroxyl groups excluding tert-OH is 2. The lowest BCUT2D eigenvalue weighted by atomic mass is 10.1. The molecule has 0 aromatic carbocycles. The number of aromatic nitrogens is 2. The zero-order chi connectivity index (χ0) is 46.5. The van der Waals surface area contributed by atoms with Gasteiger partial charge in [0.05, 0.1) is 45.1 Å². The van der Waals surface area contributed by atoms with Gasteiger partial charge < -0.3 is 84.7 Å². The van der Waals surface area contributed by atoms with Gasteiger partial charge in [-0.25, -0.2) is 9.78 Å². The third-order valence-electron chi connectivity index (χ3n) is 8.99. The van der Waals surface area contributed by atoms with Crippen molar-refractivity contribution in [1.29, 1.82) is 0 Å². The maximum atomic E-state index is 13.3. The molecule has 7 atom stereocenters. The number of carboxylic acids is 2. The maximum Gasteiger partial charge on any atom is 0.328 e. The summed E-state index contributed by atoms with van der Waals surface area (Å²) >= 11 is 0. The number of guanidine groups is 1. The molecule has 1 aromatic heterocycles. The van der Waals surface area contributed by atoms with Crippen LogP contribution in [0.25, 0.3) is 0 Å². The van der Waals surface area contributed by atoms with Crippen molar-refractivity contribution >= 4 is 65.2 Å². The van der Waals surface area contributed by atoms with Crippen LogP contribution in [0.3, 0.4) is 0 Å². The van der Waals surface area contributed by atoms with E-state index >= 15 is 0 Å². The Kier molecular flexibility index (Phi) is 21.2. The molecule has 18 N–H and O–H groups in total. The molecule has 1 aliphatic heterocycles. The van der Waals surface area contributed by atoms with Gasteiger partial charge in [0.1, 0.15) is 36.3 Å². The average Bonchev–Trinajstić information content (AvgIpc) is 3.93. The van der Waals surface area contributed by atoms with Gasteiger partial charge in [0.2, 0.25) is 47.3 Å². The summed E-state index contributed by atoms with van der Waals surface area (Å²) in [4.78, 5) is 137. The van der Waals surface area contributed by atoms with Gasteiger partial charge in [-0.05, 0) is 32.6 Å². The Morgan fingerprint density at radius 2 is 1.47 bits per heavy atom. The van der Waals surface area contributed by atoms with Crippen LogP contribution in [0.2, 0.25) is 0 Å². The van der Waals surface area contributed by atoms with E-state index in [9.17, 15) is 63.3 Å². The second-order valence-electron chi connectivity index (χ2n) is 13.9. The third kappa shape index (κ3) is 17.3. The summed E-state index contributed by atoms with van der Waals surface area (Å²) in [6.45, 7) is -2.15. The van der Waals surface area contributed by atoms with Gasteiger partial charge >= 0.3 is 11.9 Å². The molecule has 2 heterocycles. The number of H-pyrrole nitrogens is 1. The van der Waals surface area contributed by atoms with E-state index in [2.05, 4.69) is 52.2 Å². The first-order valence-corrected chi connectivity index (χ1v) is 19.1. The van der Waals surface area contributed by atoms with Crippen molar-refractivity contribution in [3.05, 3.63) is 18.2 Å². The topological polar surface area (TPSA) is 458 Å². The van der Waals surface area contributed by atoms with E-state index in [-0.39, 0.29) is 51.2 Å². The first kappa shape index (κ1) is 51.2. The molecule has 28 heteroatoms. The van der Waals surface area contributed by atoms with Crippen LogP contribution in [-0.4, -0.2) is 182 Å². The molecule has 0 radical (unpaired) electrons. The van der Waals surface area contributed by atoms with Crippen LogP contribution in [0.5, 0.6) is 0 Å². The zero-order valence-electron chi connectivity index (χ0n) is 33.6. The number of nitrogens with two attached hydrogens (primary N) is 3. The van der Waals surface area contributed by atoms with Crippen LogP contribution < -0.4 is 54.4 Å². The van der Waals surface area contributed by atoms with Crippen molar-refractivity contribution in [3.8, 4) is 0 Å². The minimum Gasteiger partial charge on any atom is -0.481 e. The number of carbonyl (C=O) groups is 10. The number of aliphatic carboxylic acids is 2. The zero-order valence-corrected chi connectivity index (χ0v) is 33.6. The van der Waals surface area contributed by atoms with E-state index in [1.165, 1.54) is 19.4 Å². The molecule has 1 saturated heterocycles. The number of nitrogens with zero attached hydrogens (tertiary/aromatic N) is 3. The minimum atomic E-state index is -1.87. The molecule has 1 aromatic rings. The summed E-state index contributed by atoms with van der Waals surface area (Å²) in [5.74, 6) is -10.8. The van der Waals surface area contributed by atoms with Crippen molar-refractivity contribution in [2.75, 3.05) is 39.4 Å². The highest BCUT2D eigenvalue weighted by Gasteiger charge is 2.39. The Balaban J connectivity index is 2.02. The van der Waals surface area contributed by atoms with Crippen LogP contribution in [0.4, 0.5) is 0 Å². The lowest BCUT2D eigenvalue weighted by Gasteiger charge is -2.29. The standard InChI is InChI=1S/C34H54N14O14/c1-16(43-28(56)18(35)8-17-10-38-15-42-17)27(55)40-11-24(51)44-19(4-2-6-39-34(36)37)29(57)41-12-25(52)45-20(9-26(53)54)30(58)46-21(13-49)32(60)48-7-3-5-23(48)31(59)47-22(14-50)33(61)62/h10,15-16,18-23,49-50H,2-9,11-14,35H2,1H3,(H,38,42)(H,40,55)(H,41,57)(H,43,56)(H,44,51)(H,45,52)(H,46,58)(H,47,59)(H,53,54)(H,61,62)(H4,36,37,39)/t16-,18-,19-,20-,21-,22-,23-/m0/s1. The molecule has 344 valence electrons. The van der Waals surface area contributed by atoms with E-state index in [0.29, 0.717) is 5.69 Å². The number of imidazole rings is 1. The van der Waals surface area contributed by atoms with Crippen molar-refractivity contribution in [2.45, 2.75) is 87.7 Å². The van der Waals surface area contributed by atoms with E-state index in [1.54, 1.807) is 0 Å². The number of aromatic amines is 1. The first-order chi connectivity index (χ1) is 29.3. The van der Waals surface area contributed by atoms with Gasteiger partial charge in [-0.1, -0.05) is 0 Å². The van der Waals surface area contributed by atoms with Crippen LogP contribution in [0.1, 0.15) is 44.7 Å². The first-order valence-electron chi connectivity index (χ1n) is 19.1. The summed E-state index contributed by atoms with van der Waals surface area (Å²) in [7, 11) is 0. The summed E-state index contributed by atoms with van der Waals surface area (Å²) in [5, 5.41) is 53.4. The Bertz CT molecular complexity index is 1790. The van der Waals surface area contributed by atoms with Crippen molar-refractivity contribution in [2.24, 2.45) is 22.2 Å². The molecule has 0 unspecified atom stereocenters. The number of aliphatic hydroxyl groups is 2. The predicted octanol–water partition coefficient (Wildman–Crippen LogP) is -8.46. The lowest BCUT2D eigenvalue weighted by molar-refractivity contribution is -0.146. The van der Waals surface area contributed by atoms with Crippen LogP contribution in [0.15, 0.2) is 17.5 Å². The van der Waals surface area contributed by atoms with E-state index < -0.39 is 134 Å². The van der Waals surface area contributed by atoms with Gasteiger partial charge in [0.25, 0.3) is 0 Å². The third-order valence-corrected chi connectivity index (χ3v) is 8.99. The van der Waals surface area contributed by atoms with Crippen LogP contribution >= 0.6 is 0 Å².